The van der Waals surface area contributed by atoms with E-state index >= 15 is 0 Å². The summed E-state index contributed by atoms with van der Waals surface area (Å²) in [6, 6.07) is 5.46. The van der Waals surface area contributed by atoms with Gasteiger partial charge < -0.3 is 0 Å². The van der Waals surface area contributed by atoms with Gasteiger partial charge in [0, 0.05) is 5.88 Å². The number of halogens is 1. The molecule has 17 heavy (non-hydrogen) atoms. The van der Waals surface area contributed by atoms with Crippen LogP contribution in [0.25, 0.3) is 0 Å². The molecule has 1 rings (SSSR count). The van der Waals surface area contributed by atoms with Gasteiger partial charge in [-0.3, -0.25) is 0 Å². The molecule has 0 bridgehead atoms. The van der Waals surface area contributed by atoms with E-state index < -0.39 is 9.84 Å². The Balaban J connectivity index is 2.76. The van der Waals surface area contributed by atoms with Crippen LogP contribution in [0.4, 0.5) is 0 Å². The monoisotopic (exact) mass is 274 g/mol. The lowest BCUT2D eigenvalue weighted by Gasteiger charge is -2.08. The van der Waals surface area contributed by atoms with Gasteiger partial charge >= 0.3 is 0 Å². The van der Waals surface area contributed by atoms with E-state index in [1.807, 2.05) is 26.0 Å². The van der Waals surface area contributed by atoms with Crippen molar-refractivity contribution < 1.29 is 8.42 Å². The minimum absolute atomic E-state index is 0.216. The zero-order chi connectivity index (χ0) is 12.9. The summed E-state index contributed by atoms with van der Waals surface area (Å²) in [5.41, 5.74) is 1.92. The number of rotatable bonds is 6. The summed E-state index contributed by atoms with van der Waals surface area (Å²) in [6.45, 7) is 3.81. The highest BCUT2D eigenvalue weighted by molar-refractivity contribution is 7.91. The third kappa shape index (κ3) is 4.32. The largest absolute Gasteiger partial charge is 0.224 e. The van der Waals surface area contributed by atoms with Gasteiger partial charge in [0.1, 0.15) is 0 Å². The first-order valence-electron chi connectivity index (χ1n) is 5.83. The van der Waals surface area contributed by atoms with Crippen LogP contribution >= 0.6 is 11.6 Å². The molecule has 0 N–H and O–H groups in total. The van der Waals surface area contributed by atoms with Crippen LogP contribution in [0.3, 0.4) is 0 Å². The molecular formula is C13H19ClO2S. The Labute approximate surface area is 109 Å². The van der Waals surface area contributed by atoms with Crippen LogP contribution in [-0.4, -0.2) is 20.1 Å². The van der Waals surface area contributed by atoms with Crippen LogP contribution in [-0.2, 0) is 9.84 Å². The van der Waals surface area contributed by atoms with Crippen LogP contribution in [0.2, 0.25) is 0 Å². The fourth-order valence-electron chi connectivity index (χ4n) is 1.82. The van der Waals surface area contributed by atoms with Gasteiger partial charge in [-0.25, -0.2) is 8.42 Å². The first-order chi connectivity index (χ1) is 7.97. The topological polar surface area (TPSA) is 34.1 Å². The highest BCUT2D eigenvalue weighted by Gasteiger charge is 2.16. The second-order valence-electron chi connectivity index (χ2n) is 4.34. The second-order valence-corrected chi connectivity index (χ2v) is 6.79. The highest BCUT2D eigenvalue weighted by atomic mass is 35.5. The van der Waals surface area contributed by atoms with Gasteiger partial charge in [-0.2, -0.15) is 0 Å². The van der Waals surface area contributed by atoms with E-state index in [1.165, 1.54) is 0 Å². The molecule has 2 nitrogen and oxygen atoms in total. The van der Waals surface area contributed by atoms with Crippen molar-refractivity contribution in [3.8, 4) is 0 Å². The first-order valence-corrected chi connectivity index (χ1v) is 8.02. The minimum Gasteiger partial charge on any atom is -0.224 e. The first kappa shape index (κ1) is 14.5. The lowest BCUT2D eigenvalue weighted by Crippen LogP contribution is -2.08. The van der Waals surface area contributed by atoms with E-state index in [9.17, 15) is 8.42 Å². The molecule has 0 aliphatic heterocycles. The van der Waals surface area contributed by atoms with E-state index in [2.05, 4.69) is 0 Å². The molecule has 0 amide bonds. The van der Waals surface area contributed by atoms with Crippen LogP contribution in [0.1, 0.15) is 30.4 Å². The molecule has 1 aromatic carbocycles. The number of hydrogen-bond donors (Lipinski definition) is 0. The van der Waals surface area contributed by atoms with E-state index in [4.69, 9.17) is 11.6 Å². The molecule has 0 heterocycles. The predicted octanol–water partition coefficient (Wildman–Crippen LogP) is 3.49. The van der Waals surface area contributed by atoms with Crippen molar-refractivity contribution in [2.75, 3.05) is 11.6 Å². The molecule has 0 spiro atoms. The fourth-order valence-corrected chi connectivity index (χ4v) is 3.64. The third-order valence-corrected chi connectivity index (χ3v) is 4.93. The van der Waals surface area contributed by atoms with Gasteiger partial charge in [-0.1, -0.05) is 24.1 Å². The second kappa shape index (κ2) is 6.41. The SMILES string of the molecule is Cc1ccc(S(=O)(=O)CCCCCCl)c(C)c1. The van der Waals surface area contributed by atoms with Crippen molar-refractivity contribution in [2.24, 2.45) is 0 Å². The highest BCUT2D eigenvalue weighted by Crippen LogP contribution is 2.19. The van der Waals surface area contributed by atoms with Crippen LogP contribution < -0.4 is 0 Å². The summed E-state index contributed by atoms with van der Waals surface area (Å²) in [5.74, 6) is 0.817. The lowest BCUT2D eigenvalue weighted by molar-refractivity contribution is 0.590. The summed E-state index contributed by atoms with van der Waals surface area (Å²) >= 11 is 5.56. The van der Waals surface area contributed by atoms with Crippen molar-refractivity contribution in [1.82, 2.24) is 0 Å². The molecule has 0 radical (unpaired) electrons. The van der Waals surface area contributed by atoms with Gasteiger partial charge in [0.25, 0.3) is 0 Å². The van der Waals surface area contributed by atoms with Crippen molar-refractivity contribution >= 4 is 21.4 Å². The zero-order valence-corrected chi connectivity index (χ0v) is 11.9. The Kier molecular flexibility index (Phi) is 5.47. The molecule has 0 atom stereocenters. The summed E-state index contributed by atoms with van der Waals surface area (Å²) in [5, 5.41) is 0. The molecule has 0 aromatic heterocycles. The molecular weight excluding hydrogens is 256 g/mol. The molecule has 0 fully saturated rings. The Bertz CT molecular complexity index is 466. The van der Waals surface area contributed by atoms with Crippen LogP contribution in [0, 0.1) is 13.8 Å². The Morgan fingerprint density at radius 3 is 2.41 bits per heavy atom. The maximum Gasteiger partial charge on any atom is 0.178 e. The number of unbranched alkanes of at least 4 members (excludes halogenated alkanes) is 2. The van der Waals surface area contributed by atoms with Crippen molar-refractivity contribution in [2.45, 2.75) is 38.0 Å². The zero-order valence-electron chi connectivity index (χ0n) is 10.4. The van der Waals surface area contributed by atoms with Gasteiger partial charge in [0.05, 0.1) is 10.6 Å². The smallest absolute Gasteiger partial charge is 0.178 e. The molecule has 0 aliphatic rings. The van der Waals surface area contributed by atoms with E-state index in [-0.39, 0.29) is 5.75 Å². The average molecular weight is 275 g/mol. The molecule has 0 aliphatic carbocycles. The number of alkyl halides is 1. The van der Waals surface area contributed by atoms with Crippen molar-refractivity contribution in [3.63, 3.8) is 0 Å². The summed E-state index contributed by atoms with van der Waals surface area (Å²) < 4.78 is 24.2. The van der Waals surface area contributed by atoms with E-state index in [0.717, 1.165) is 24.0 Å². The molecule has 96 valence electrons. The fraction of sp³-hybridized carbons (Fsp3) is 0.538. The quantitative estimate of drug-likeness (QED) is 0.588. The number of hydrogen-bond acceptors (Lipinski definition) is 2. The third-order valence-electron chi connectivity index (χ3n) is 2.71. The van der Waals surface area contributed by atoms with E-state index in [1.54, 1.807) is 6.07 Å². The average Bonchev–Trinajstić information content (AvgIpc) is 2.24. The number of sulfone groups is 1. The summed E-state index contributed by atoms with van der Waals surface area (Å²) in [4.78, 5) is 0.467. The standard InChI is InChI=1S/C13H19ClO2S/c1-11-6-7-13(12(2)10-11)17(15,16)9-5-3-4-8-14/h6-7,10H,3-5,8-9H2,1-2H3. The van der Waals surface area contributed by atoms with Gasteiger partial charge in [0.15, 0.2) is 9.84 Å². The Morgan fingerprint density at radius 2 is 1.82 bits per heavy atom. The molecule has 0 saturated carbocycles. The number of aryl methyl sites for hydroxylation is 2. The van der Waals surface area contributed by atoms with Gasteiger partial charge in [0.2, 0.25) is 0 Å². The van der Waals surface area contributed by atoms with E-state index in [0.29, 0.717) is 17.2 Å². The predicted molar refractivity (Wildman–Crippen MR) is 72.5 cm³/mol. The van der Waals surface area contributed by atoms with Gasteiger partial charge in [-0.05, 0) is 38.3 Å². The summed E-state index contributed by atoms with van der Waals surface area (Å²) in [6.07, 6.45) is 2.43. The van der Waals surface area contributed by atoms with Crippen molar-refractivity contribution in [1.29, 1.82) is 0 Å². The molecule has 4 heteroatoms. The molecule has 0 unspecified atom stereocenters. The van der Waals surface area contributed by atoms with Crippen LogP contribution in [0.5, 0.6) is 0 Å². The number of benzene rings is 1. The molecule has 1 aromatic rings. The minimum atomic E-state index is -3.13. The Hall–Kier alpha value is -0.540. The van der Waals surface area contributed by atoms with Crippen molar-refractivity contribution in [3.05, 3.63) is 29.3 Å². The Morgan fingerprint density at radius 1 is 1.12 bits per heavy atom. The summed E-state index contributed by atoms with van der Waals surface area (Å²) in [7, 11) is -3.13. The lowest BCUT2D eigenvalue weighted by atomic mass is 10.2. The normalized spacial score (nSPS) is 11.7. The maximum atomic E-state index is 12.1. The maximum absolute atomic E-state index is 12.1. The van der Waals surface area contributed by atoms with Gasteiger partial charge in [-0.15, -0.1) is 11.6 Å². The van der Waals surface area contributed by atoms with Crippen LogP contribution in [0.15, 0.2) is 23.1 Å². The molecule has 0 saturated heterocycles.